The molecule has 0 saturated heterocycles. The van der Waals surface area contributed by atoms with Gasteiger partial charge in [-0.25, -0.2) is 0 Å². The third-order valence-corrected chi connectivity index (χ3v) is 2.95. The Kier molecular flexibility index (Phi) is 5.98. The van der Waals surface area contributed by atoms with E-state index in [0.29, 0.717) is 13.2 Å². The minimum Gasteiger partial charge on any atom is -0.389 e. The Morgan fingerprint density at radius 2 is 1.79 bits per heavy atom. The number of nitrogens with one attached hydrogen (secondary N) is 1. The van der Waals surface area contributed by atoms with E-state index in [-0.39, 0.29) is 11.6 Å². The summed E-state index contributed by atoms with van der Waals surface area (Å²) in [6, 6.07) is 8.67. The van der Waals surface area contributed by atoms with E-state index in [4.69, 9.17) is 4.74 Å². The van der Waals surface area contributed by atoms with E-state index >= 15 is 0 Å². The van der Waals surface area contributed by atoms with Crippen molar-refractivity contribution in [2.45, 2.75) is 52.4 Å². The summed E-state index contributed by atoms with van der Waals surface area (Å²) in [7, 11) is 0. The van der Waals surface area contributed by atoms with Gasteiger partial charge in [0.2, 0.25) is 0 Å². The quantitative estimate of drug-likeness (QED) is 0.831. The highest BCUT2D eigenvalue weighted by Crippen LogP contribution is 2.13. The Labute approximate surface area is 117 Å². The van der Waals surface area contributed by atoms with Crippen LogP contribution < -0.4 is 5.32 Å². The van der Waals surface area contributed by atoms with Crippen LogP contribution in [0.25, 0.3) is 0 Å². The second-order valence-electron chi connectivity index (χ2n) is 6.12. The van der Waals surface area contributed by atoms with Crippen LogP contribution in [-0.4, -0.2) is 30.0 Å². The van der Waals surface area contributed by atoms with Crippen LogP contribution >= 0.6 is 0 Å². The van der Waals surface area contributed by atoms with Crippen LogP contribution in [0, 0.1) is 6.92 Å². The summed E-state index contributed by atoms with van der Waals surface area (Å²) in [4.78, 5) is 0. The number of benzene rings is 1. The van der Waals surface area contributed by atoms with Crippen LogP contribution in [-0.2, 0) is 4.74 Å². The fraction of sp³-hybridized carbons (Fsp3) is 0.625. The van der Waals surface area contributed by atoms with Crippen molar-refractivity contribution in [1.29, 1.82) is 0 Å². The third kappa shape index (κ3) is 6.71. The molecule has 108 valence electrons. The maximum absolute atomic E-state index is 9.86. The van der Waals surface area contributed by atoms with Crippen LogP contribution in [0.5, 0.6) is 0 Å². The molecule has 19 heavy (non-hydrogen) atoms. The average molecular weight is 265 g/mol. The molecule has 0 aliphatic rings. The van der Waals surface area contributed by atoms with Crippen LogP contribution in [0.15, 0.2) is 24.3 Å². The van der Waals surface area contributed by atoms with Gasteiger partial charge in [0.05, 0.1) is 18.3 Å². The van der Waals surface area contributed by atoms with Crippen LogP contribution in [0.4, 0.5) is 0 Å². The fourth-order valence-corrected chi connectivity index (χ4v) is 1.69. The minimum absolute atomic E-state index is 0.205. The Morgan fingerprint density at radius 3 is 2.32 bits per heavy atom. The zero-order valence-electron chi connectivity index (χ0n) is 12.7. The lowest BCUT2D eigenvalue weighted by Gasteiger charge is -2.23. The monoisotopic (exact) mass is 265 g/mol. The van der Waals surface area contributed by atoms with Crippen molar-refractivity contribution >= 4 is 0 Å². The molecule has 1 aromatic rings. The first-order valence-corrected chi connectivity index (χ1v) is 6.90. The van der Waals surface area contributed by atoms with Gasteiger partial charge >= 0.3 is 0 Å². The van der Waals surface area contributed by atoms with E-state index in [1.54, 1.807) is 0 Å². The molecular weight excluding hydrogens is 238 g/mol. The third-order valence-electron chi connectivity index (χ3n) is 2.95. The van der Waals surface area contributed by atoms with Gasteiger partial charge in [-0.2, -0.15) is 0 Å². The summed E-state index contributed by atoms with van der Waals surface area (Å²) in [5, 5.41) is 13.2. The molecule has 0 aliphatic carbocycles. The predicted octanol–water partition coefficient (Wildman–Crippen LogP) is 2.82. The Hall–Kier alpha value is -0.900. The van der Waals surface area contributed by atoms with Gasteiger partial charge in [-0.15, -0.1) is 0 Å². The summed E-state index contributed by atoms with van der Waals surface area (Å²) in [5.41, 5.74) is 2.29. The maximum Gasteiger partial charge on any atom is 0.0898 e. The summed E-state index contributed by atoms with van der Waals surface area (Å²) in [6.45, 7) is 11.0. The average Bonchev–Trinajstić information content (AvgIpc) is 2.33. The van der Waals surface area contributed by atoms with Gasteiger partial charge in [-0.05, 0) is 40.2 Å². The van der Waals surface area contributed by atoms with Crippen molar-refractivity contribution in [3.8, 4) is 0 Å². The topological polar surface area (TPSA) is 41.5 Å². The van der Waals surface area contributed by atoms with Crippen molar-refractivity contribution in [2.75, 3.05) is 13.2 Å². The normalized spacial score (nSPS) is 15.3. The zero-order chi connectivity index (χ0) is 14.5. The highest BCUT2D eigenvalue weighted by molar-refractivity contribution is 5.23. The van der Waals surface area contributed by atoms with Gasteiger partial charge < -0.3 is 15.2 Å². The highest BCUT2D eigenvalue weighted by atomic mass is 16.5. The van der Waals surface area contributed by atoms with Crippen LogP contribution in [0.1, 0.15) is 44.9 Å². The number of hydrogen-bond acceptors (Lipinski definition) is 3. The lowest BCUT2D eigenvalue weighted by Crippen LogP contribution is -2.34. The van der Waals surface area contributed by atoms with Gasteiger partial charge in [0.1, 0.15) is 0 Å². The molecule has 1 rings (SSSR count). The molecule has 0 aliphatic heterocycles. The largest absolute Gasteiger partial charge is 0.389 e. The fourth-order valence-electron chi connectivity index (χ4n) is 1.69. The molecule has 3 nitrogen and oxygen atoms in total. The molecule has 3 heteroatoms. The number of rotatable bonds is 6. The summed E-state index contributed by atoms with van der Waals surface area (Å²) < 4.78 is 5.55. The molecule has 2 N–H and O–H groups in total. The lowest BCUT2D eigenvalue weighted by atomic mass is 10.1. The second-order valence-corrected chi connectivity index (χ2v) is 6.12. The number of hydrogen-bond donors (Lipinski definition) is 2. The standard InChI is InChI=1S/C16H27NO2/c1-12-6-8-14(9-7-12)13(2)17-10-15(18)11-19-16(3,4)5/h6-9,13,15,17-18H,10-11H2,1-5H3. The lowest BCUT2D eigenvalue weighted by molar-refractivity contribution is -0.0482. The van der Waals surface area contributed by atoms with Crippen molar-refractivity contribution in [3.63, 3.8) is 0 Å². The molecule has 0 bridgehead atoms. The van der Waals surface area contributed by atoms with E-state index < -0.39 is 6.10 Å². The van der Waals surface area contributed by atoms with Crippen molar-refractivity contribution in [1.82, 2.24) is 5.32 Å². The highest BCUT2D eigenvalue weighted by Gasteiger charge is 2.14. The number of aryl methyl sites for hydroxylation is 1. The molecule has 2 atom stereocenters. The van der Waals surface area contributed by atoms with E-state index in [0.717, 1.165) is 0 Å². The first-order chi connectivity index (χ1) is 8.78. The van der Waals surface area contributed by atoms with E-state index in [1.165, 1.54) is 11.1 Å². The van der Waals surface area contributed by atoms with Crippen LogP contribution in [0.2, 0.25) is 0 Å². The van der Waals surface area contributed by atoms with Gasteiger partial charge in [0, 0.05) is 12.6 Å². The molecule has 0 fully saturated rings. The minimum atomic E-state index is -0.480. The van der Waals surface area contributed by atoms with Crippen molar-refractivity contribution in [3.05, 3.63) is 35.4 Å². The first-order valence-electron chi connectivity index (χ1n) is 6.90. The number of ether oxygens (including phenoxy) is 1. The smallest absolute Gasteiger partial charge is 0.0898 e. The number of aliphatic hydroxyl groups excluding tert-OH is 1. The molecular formula is C16H27NO2. The number of aliphatic hydroxyl groups is 1. The first kappa shape index (κ1) is 16.2. The molecule has 0 radical (unpaired) electrons. The van der Waals surface area contributed by atoms with Crippen LogP contribution in [0.3, 0.4) is 0 Å². The van der Waals surface area contributed by atoms with Crippen molar-refractivity contribution in [2.24, 2.45) is 0 Å². The Morgan fingerprint density at radius 1 is 1.21 bits per heavy atom. The SMILES string of the molecule is Cc1ccc(C(C)NCC(O)COC(C)(C)C)cc1. The summed E-state index contributed by atoms with van der Waals surface area (Å²) in [5.74, 6) is 0. The summed E-state index contributed by atoms with van der Waals surface area (Å²) in [6.07, 6.45) is -0.480. The molecule has 0 saturated carbocycles. The Bertz CT molecular complexity index is 367. The molecule has 0 amide bonds. The van der Waals surface area contributed by atoms with E-state index in [2.05, 4.69) is 43.4 Å². The maximum atomic E-state index is 9.86. The Balaban J connectivity index is 2.33. The molecule has 0 spiro atoms. The molecule has 0 heterocycles. The molecule has 1 aromatic carbocycles. The van der Waals surface area contributed by atoms with Gasteiger partial charge in [-0.3, -0.25) is 0 Å². The van der Waals surface area contributed by atoms with E-state index in [9.17, 15) is 5.11 Å². The van der Waals surface area contributed by atoms with Gasteiger partial charge in [-0.1, -0.05) is 29.8 Å². The zero-order valence-corrected chi connectivity index (χ0v) is 12.7. The van der Waals surface area contributed by atoms with Gasteiger partial charge in [0.25, 0.3) is 0 Å². The summed E-state index contributed by atoms with van der Waals surface area (Å²) >= 11 is 0. The van der Waals surface area contributed by atoms with Gasteiger partial charge in [0.15, 0.2) is 0 Å². The second kappa shape index (κ2) is 7.04. The molecule has 2 unspecified atom stereocenters. The van der Waals surface area contributed by atoms with Crippen molar-refractivity contribution < 1.29 is 9.84 Å². The molecule has 0 aromatic heterocycles. The van der Waals surface area contributed by atoms with E-state index in [1.807, 2.05) is 20.8 Å². The predicted molar refractivity (Wildman–Crippen MR) is 79.3 cm³/mol.